The molecule has 3 heterocycles. The van der Waals surface area contributed by atoms with Crippen molar-refractivity contribution in [1.82, 2.24) is 14.7 Å². The van der Waals surface area contributed by atoms with Crippen molar-refractivity contribution in [3.63, 3.8) is 0 Å². The second-order valence-electron chi connectivity index (χ2n) is 8.19. The molecule has 27 heavy (non-hydrogen) atoms. The molecule has 7 heteroatoms. The number of hydrogen-bond acceptors (Lipinski definition) is 4. The molecule has 1 spiro atoms. The van der Waals surface area contributed by atoms with Crippen LogP contribution in [0, 0.1) is 5.92 Å². The lowest BCUT2D eigenvalue weighted by atomic mass is 9.90. The van der Waals surface area contributed by atoms with Crippen LogP contribution in [-0.2, 0) is 14.3 Å². The molecule has 3 aliphatic rings. The first-order valence-electron chi connectivity index (χ1n) is 10.5. The minimum absolute atomic E-state index is 0.0766. The number of carbonyl (C=O) groups excluding carboxylic acids is 3. The Kier molecular flexibility index (Phi) is 6.27. The smallest absolute Gasteiger partial charge is 0.410 e. The van der Waals surface area contributed by atoms with Gasteiger partial charge in [0.15, 0.2) is 0 Å². The van der Waals surface area contributed by atoms with Gasteiger partial charge in [0.25, 0.3) is 0 Å². The second-order valence-corrected chi connectivity index (χ2v) is 8.19. The molecule has 3 fully saturated rings. The van der Waals surface area contributed by atoms with Crippen LogP contribution in [0.3, 0.4) is 0 Å². The van der Waals surface area contributed by atoms with Crippen molar-refractivity contribution in [2.24, 2.45) is 5.92 Å². The quantitative estimate of drug-likeness (QED) is 0.636. The van der Waals surface area contributed by atoms with E-state index in [9.17, 15) is 14.4 Å². The Bertz CT molecular complexity index is 572. The molecule has 0 N–H and O–H groups in total. The van der Waals surface area contributed by atoms with Gasteiger partial charge >= 0.3 is 6.09 Å². The fourth-order valence-electron chi connectivity index (χ4n) is 4.49. The number of hydrogen-bond donors (Lipinski definition) is 0. The van der Waals surface area contributed by atoms with Crippen molar-refractivity contribution in [2.75, 3.05) is 39.3 Å². The van der Waals surface area contributed by atoms with Gasteiger partial charge < -0.3 is 19.4 Å². The van der Waals surface area contributed by atoms with Gasteiger partial charge in [0.1, 0.15) is 5.60 Å². The Labute approximate surface area is 162 Å². The van der Waals surface area contributed by atoms with Crippen LogP contribution in [0.5, 0.6) is 0 Å². The maximum absolute atomic E-state index is 12.8. The summed E-state index contributed by atoms with van der Waals surface area (Å²) in [6.45, 7) is 7.93. The van der Waals surface area contributed by atoms with Crippen molar-refractivity contribution < 1.29 is 19.1 Å². The van der Waals surface area contributed by atoms with E-state index in [-0.39, 0.29) is 23.8 Å². The summed E-state index contributed by atoms with van der Waals surface area (Å²) in [5.41, 5.74) is -0.431. The standard InChI is InChI=1S/C20H33N3O4/c1-3-5-6-7-10-23-15-20(27-19(23)26)8-11-22(12-9-20)18(25)16-13-17(24)21(4-2)14-16/h16H,3-15H2,1-2H3/t16-/m0/s1. The number of carbonyl (C=O) groups is 3. The monoisotopic (exact) mass is 379 g/mol. The highest BCUT2D eigenvalue weighted by Crippen LogP contribution is 2.34. The first-order chi connectivity index (χ1) is 13.0. The van der Waals surface area contributed by atoms with Gasteiger partial charge in [0.05, 0.1) is 12.5 Å². The summed E-state index contributed by atoms with van der Waals surface area (Å²) in [6, 6.07) is 0. The second kappa shape index (κ2) is 8.48. The van der Waals surface area contributed by atoms with Crippen LogP contribution in [0.4, 0.5) is 4.79 Å². The number of rotatable bonds is 7. The van der Waals surface area contributed by atoms with Crippen molar-refractivity contribution in [3.05, 3.63) is 0 Å². The van der Waals surface area contributed by atoms with Crippen LogP contribution in [0.2, 0.25) is 0 Å². The van der Waals surface area contributed by atoms with Gasteiger partial charge in [-0.25, -0.2) is 4.79 Å². The number of ether oxygens (including phenoxy) is 1. The molecule has 0 saturated carbocycles. The Morgan fingerprint density at radius 2 is 1.85 bits per heavy atom. The summed E-state index contributed by atoms with van der Waals surface area (Å²) in [6.07, 6.45) is 6.05. The third kappa shape index (κ3) is 4.38. The van der Waals surface area contributed by atoms with Gasteiger partial charge in [-0.15, -0.1) is 0 Å². The van der Waals surface area contributed by atoms with Gasteiger partial charge in [0, 0.05) is 52.0 Å². The van der Waals surface area contributed by atoms with Crippen LogP contribution < -0.4 is 0 Å². The van der Waals surface area contributed by atoms with E-state index >= 15 is 0 Å². The lowest BCUT2D eigenvalue weighted by molar-refractivity contribution is -0.139. The molecule has 0 aromatic carbocycles. The van der Waals surface area contributed by atoms with Crippen molar-refractivity contribution in [3.8, 4) is 0 Å². The fraction of sp³-hybridized carbons (Fsp3) is 0.850. The molecule has 0 bridgehead atoms. The van der Waals surface area contributed by atoms with Crippen molar-refractivity contribution >= 4 is 17.9 Å². The van der Waals surface area contributed by atoms with Crippen LogP contribution >= 0.6 is 0 Å². The average Bonchev–Trinajstić information content (AvgIpc) is 3.18. The highest BCUT2D eigenvalue weighted by molar-refractivity contribution is 5.89. The fourth-order valence-corrected chi connectivity index (χ4v) is 4.49. The summed E-state index contributed by atoms with van der Waals surface area (Å²) in [5, 5.41) is 0. The minimum Gasteiger partial charge on any atom is -0.441 e. The Morgan fingerprint density at radius 1 is 1.11 bits per heavy atom. The summed E-state index contributed by atoms with van der Waals surface area (Å²) in [7, 11) is 0. The number of nitrogens with zero attached hydrogens (tertiary/aromatic N) is 3. The maximum Gasteiger partial charge on any atom is 0.410 e. The Balaban J connectivity index is 1.48. The van der Waals surface area contributed by atoms with Gasteiger partial charge in [-0.3, -0.25) is 9.59 Å². The number of piperidine rings is 1. The average molecular weight is 380 g/mol. The van der Waals surface area contributed by atoms with E-state index < -0.39 is 5.60 Å². The summed E-state index contributed by atoms with van der Waals surface area (Å²) in [5.74, 6) is -0.0599. The largest absolute Gasteiger partial charge is 0.441 e. The molecule has 1 atom stereocenters. The van der Waals surface area contributed by atoms with Crippen LogP contribution in [0.15, 0.2) is 0 Å². The number of likely N-dealkylation sites (tertiary alicyclic amines) is 2. The van der Waals surface area contributed by atoms with E-state index in [1.807, 2.05) is 16.7 Å². The zero-order chi connectivity index (χ0) is 19.4. The Hall–Kier alpha value is -1.79. The molecule has 3 amide bonds. The molecule has 3 saturated heterocycles. The predicted octanol–water partition coefficient (Wildman–Crippen LogP) is 2.25. The SMILES string of the molecule is CCCCCCN1CC2(CCN(C(=O)[C@H]3CC(=O)N(CC)C3)CC2)OC1=O. The van der Waals surface area contributed by atoms with E-state index in [1.54, 1.807) is 4.90 Å². The molecular formula is C20H33N3O4. The summed E-state index contributed by atoms with van der Waals surface area (Å²) in [4.78, 5) is 42.3. The molecule has 0 aromatic rings. The lowest BCUT2D eigenvalue weighted by Gasteiger charge is -2.38. The number of unbranched alkanes of at least 4 members (excludes halogenated alkanes) is 3. The van der Waals surface area contributed by atoms with Crippen molar-refractivity contribution in [2.45, 2.75) is 64.4 Å². The molecular weight excluding hydrogens is 346 g/mol. The molecule has 0 unspecified atom stereocenters. The lowest BCUT2D eigenvalue weighted by Crippen LogP contribution is -2.50. The molecule has 3 aliphatic heterocycles. The summed E-state index contributed by atoms with van der Waals surface area (Å²) < 4.78 is 5.75. The highest BCUT2D eigenvalue weighted by atomic mass is 16.6. The third-order valence-corrected chi connectivity index (χ3v) is 6.25. The normalized spacial score (nSPS) is 24.8. The van der Waals surface area contributed by atoms with E-state index in [0.29, 0.717) is 52.0 Å². The third-order valence-electron chi connectivity index (χ3n) is 6.25. The predicted molar refractivity (Wildman–Crippen MR) is 101 cm³/mol. The molecule has 3 rings (SSSR count). The van der Waals surface area contributed by atoms with E-state index in [2.05, 4.69) is 6.92 Å². The molecule has 0 aliphatic carbocycles. The zero-order valence-corrected chi connectivity index (χ0v) is 16.7. The van der Waals surface area contributed by atoms with Crippen LogP contribution in [0.1, 0.15) is 58.8 Å². The molecule has 0 aromatic heterocycles. The van der Waals surface area contributed by atoms with Gasteiger partial charge in [-0.1, -0.05) is 26.2 Å². The summed E-state index contributed by atoms with van der Waals surface area (Å²) >= 11 is 0. The van der Waals surface area contributed by atoms with Crippen LogP contribution in [0.25, 0.3) is 0 Å². The topological polar surface area (TPSA) is 70.2 Å². The van der Waals surface area contributed by atoms with E-state index in [1.165, 1.54) is 12.8 Å². The first-order valence-corrected chi connectivity index (χ1v) is 10.5. The number of amides is 3. The van der Waals surface area contributed by atoms with Gasteiger partial charge in [-0.2, -0.15) is 0 Å². The zero-order valence-electron chi connectivity index (χ0n) is 16.7. The molecule has 7 nitrogen and oxygen atoms in total. The molecule has 0 radical (unpaired) electrons. The Morgan fingerprint density at radius 3 is 2.48 bits per heavy atom. The van der Waals surface area contributed by atoms with Gasteiger partial charge in [0.2, 0.25) is 11.8 Å². The first kappa shape index (κ1) is 20.0. The van der Waals surface area contributed by atoms with Crippen LogP contribution in [-0.4, -0.2) is 77.5 Å². The van der Waals surface area contributed by atoms with E-state index in [4.69, 9.17) is 4.74 Å². The van der Waals surface area contributed by atoms with Crippen molar-refractivity contribution in [1.29, 1.82) is 0 Å². The van der Waals surface area contributed by atoms with E-state index in [0.717, 1.165) is 19.4 Å². The maximum atomic E-state index is 12.8. The molecule has 152 valence electrons. The van der Waals surface area contributed by atoms with Gasteiger partial charge in [-0.05, 0) is 13.3 Å². The minimum atomic E-state index is -0.431. The highest BCUT2D eigenvalue weighted by Gasteiger charge is 2.48.